The average molecular weight is 406 g/mol. The maximum atomic E-state index is 11.5. The number of carbonyl (C=O) groups is 2. The maximum Gasteiger partial charge on any atom is 0.339 e. The van der Waals surface area contributed by atoms with Gasteiger partial charge in [0.15, 0.2) is 0 Å². The number of carboxylic acid groups (broad SMARTS) is 1. The highest BCUT2D eigenvalue weighted by atomic mass is 16.5. The highest BCUT2D eigenvalue weighted by Crippen LogP contribution is 2.09. The molecule has 152 valence electrons. The zero-order valence-corrected chi connectivity index (χ0v) is 16.0. The molecule has 0 atom stereocenters. The number of esters is 1. The molecule has 0 aliphatic carbocycles. The van der Waals surface area contributed by atoms with Gasteiger partial charge in [-0.05, 0) is 31.2 Å². The van der Waals surface area contributed by atoms with Crippen molar-refractivity contribution >= 4 is 11.9 Å². The second kappa shape index (κ2) is 9.73. The summed E-state index contributed by atoms with van der Waals surface area (Å²) in [4.78, 5) is 29.9. The quantitative estimate of drug-likeness (QED) is 0.501. The predicted octanol–water partition coefficient (Wildman–Crippen LogP) is 2.41. The van der Waals surface area contributed by atoms with Crippen LogP contribution in [0.1, 0.15) is 27.6 Å². The average Bonchev–Trinajstić information content (AvgIpc) is 3.49. The van der Waals surface area contributed by atoms with Crippen LogP contribution in [-0.2, 0) is 4.74 Å². The van der Waals surface area contributed by atoms with E-state index in [1.807, 2.05) is 0 Å². The molecule has 0 saturated carbocycles. The summed E-state index contributed by atoms with van der Waals surface area (Å²) in [6, 6.07) is 6.77. The molecule has 30 heavy (non-hydrogen) atoms. The van der Waals surface area contributed by atoms with Crippen LogP contribution < -0.4 is 0 Å². The van der Waals surface area contributed by atoms with Gasteiger partial charge in [-0.25, -0.2) is 19.0 Å². The van der Waals surface area contributed by atoms with E-state index in [-0.39, 0.29) is 11.5 Å². The Balaban J connectivity index is 0.000000172. The number of hydrogen-bond acceptors (Lipinski definition) is 7. The van der Waals surface area contributed by atoms with Crippen molar-refractivity contribution in [3.63, 3.8) is 0 Å². The third kappa shape index (κ3) is 5.13. The van der Waals surface area contributed by atoms with E-state index in [1.54, 1.807) is 71.7 Å². The minimum Gasteiger partial charge on any atom is -0.478 e. The molecule has 0 unspecified atom stereocenters. The van der Waals surface area contributed by atoms with Crippen LogP contribution in [0.5, 0.6) is 0 Å². The van der Waals surface area contributed by atoms with Gasteiger partial charge >= 0.3 is 11.9 Å². The predicted molar refractivity (Wildman–Crippen MR) is 106 cm³/mol. The van der Waals surface area contributed by atoms with Crippen LogP contribution in [0.25, 0.3) is 11.4 Å². The topological polar surface area (TPSA) is 125 Å². The molecule has 4 aromatic heterocycles. The summed E-state index contributed by atoms with van der Waals surface area (Å²) in [5, 5.41) is 16.8. The van der Waals surface area contributed by atoms with E-state index in [4.69, 9.17) is 9.84 Å². The Morgan fingerprint density at radius 3 is 1.90 bits per heavy atom. The molecular weight excluding hydrogens is 388 g/mol. The number of rotatable bonds is 5. The summed E-state index contributed by atoms with van der Waals surface area (Å²) in [6.07, 6.45) is 12.8. The summed E-state index contributed by atoms with van der Waals surface area (Å²) < 4.78 is 8.08. The standard InChI is InChI=1S/C11H11N3O2.C9H7N3O2/c1-2-16-11(15)9-6-10(8-12-7-9)14-5-3-4-13-14;13-9(14)7-4-8(6-10-5-7)12-3-1-2-11-12/h3-8H,2H2,1H3;1-6H,(H,13,14). The number of nitrogens with zero attached hydrogens (tertiary/aromatic N) is 6. The minimum absolute atomic E-state index is 0.151. The van der Waals surface area contributed by atoms with Gasteiger partial charge in [0.1, 0.15) is 0 Å². The van der Waals surface area contributed by atoms with Crippen molar-refractivity contribution in [2.24, 2.45) is 0 Å². The lowest BCUT2D eigenvalue weighted by molar-refractivity contribution is 0.0525. The monoisotopic (exact) mass is 406 g/mol. The Kier molecular flexibility index (Phi) is 6.62. The summed E-state index contributed by atoms with van der Waals surface area (Å²) in [7, 11) is 0. The summed E-state index contributed by atoms with van der Waals surface area (Å²) in [5.41, 5.74) is 1.94. The van der Waals surface area contributed by atoms with E-state index >= 15 is 0 Å². The summed E-state index contributed by atoms with van der Waals surface area (Å²) in [5.74, 6) is -1.37. The fraction of sp³-hybridized carbons (Fsp3) is 0.100. The molecule has 0 aromatic carbocycles. The number of ether oxygens (including phenoxy) is 1. The minimum atomic E-state index is -0.994. The van der Waals surface area contributed by atoms with Gasteiger partial charge in [-0.1, -0.05) is 0 Å². The Morgan fingerprint density at radius 1 is 0.900 bits per heavy atom. The number of carbonyl (C=O) groups excluding carboxylic acids is 1. The normalized spacial score (nSPS) is 10.0. The SMILES string of the molecule is CCOC(=O)c1cncc(-n2cccn2)c1.O=C(O)c1cncc(-n2cccn2)c1. The molecule has 10 nitrogen and oxygen atoms in total. The molecule has 4 aromatic rings. The molecule has 0 aliphatic heterocycles. The van der Waals surface area contributed by atoms with Gasteiger partial charge in [-0.2, -0.15) is 10.2 Å². The van der Waals surface area contributed by atoms with Gasteiger partial charge in [-0.15, -0.1) is 0 Å². The van der Waals surface area contributed by atoms with Crippen LogP contribution in [0.3, 0.4) is 0 Å². The maximum absolute atomic E-state index is 11.5. The molecule has 0 fully saturated rings. The zero-order valence-electron chi connectivity index (χ0n) is 16.0. The Morgan fingerprint density at radius 2 is 1.43 bits per heavy atom. The molecule has 0 radical (unpaired) electrons. The van der Waals surface area contributed by atoms with Crippen LogP contribution in [-0.4, -0.2) is 53.2 Å². The highest BCUT2D eigenvalue weighted by Gasteiger charge is 2.08. The first-order valence-corrected chi connectivity index (χ1v) is 8.89. The van der Waals surface area contributed by atoms with Gasteiger partial charge in [0.25, 0.3) is 0 Å². The second-order valence-corrected chi connectivity index (χ2v) is 5.79. The molecule has 10 heteroatoms. The third-order valence-corrected chi connectivity index (χ3v) is 3.74. The first-order valence-electron chi connectivity index (χ1n) is 8.89. The van der Waals surface area contributed by atoms with Crippen LogP contribution in [0.4, 0.5) is 0 Å². The number of hydrogen-bond donors (Lipinski definition) is 1. The van der Waals surface area contributed by atoms with E-state index in [2.05, 4.69) is 20.2 Å². The van der Waals surface area contributed by atoms with Crippen LogP contribution in [0.15, 0.2) is 73.8 Å². The smallest absolute Gasteiger partial charge is 0.339 e. The van der Waals surface area contributed by atoms with Gasteiger partial charge < -0.3 is 9.84 Å². The Hall–Kier alpha value is -4.34. The van der Waals surface area contributed by atoms with Crippen molar-refractivity contribution in [3.8, 4) is 11.4 Å². The van der Waals surface area contributed by atoms with E-state index in [9.17, 15) is 9.59 Å². The first-order chi connectivity index (χ1) is 14.6. The number of aromatic carboxylic acids is 1. The molecule has 0 amide bonds. The van der Waals surface area contributed by atoms with E-state index < -0.39 is 5.97 Å². The number of pyridine rings is 2. The summed E-state index contributed by atoms with van der Waals surface area (Å²) >= 11 is 0. The molecule has 0 aliphatic rings. The first kappa shape index (κ1) is 20.4. The third-order valence-electron chi connectivity index (χ3n) is 3.74. The largest absolute Gasteiger partial charge is 0.478 e. The van der Waals surface area contributed by atoms with Crippen molar-refractivity contribution in [1.82, 2.24) is 29.5 Å². The van der Waals surface area contributed by atoms with Crippen molar-refractivity contribution in [3.05, 3.63) is 85.0 Å². The lowest BCUT2D eigenvalue weighted by Gasteiger charge is -2.04. The molecular formula is C20H18N6O4. The highest BCUT2D eigenvalue weighted by molar-refractivity contribution is 5.89. The second-order valence-electron chi connectivity index (χ2n) is 5.79. The Bertz CT molecular complexity index is 1110. The van der Waals surface area contributed by atoms with Crippen molar-refractivity contribution < 1.29 is 19.4 Å². The van der Waals surface area contributed by atoms with Gasteiger partial charge in [0.2, 0.25) is 0 Å². The van der Waals surface area contributed by atoms with Crippen molar-refractivity contribution in [1.29, 1.82) is 0 Å². The van der Waals surface area contributed by atoms with Crippen LogP contribution in [0.2, 0.25) is 0 Å². The van der Waals surface area contributed by atoms with Crippen molar-refractivity contribution in [2.75, 3.05) is 6.61 Å². The fourth-order valence-electron chi connectivity index (χ4n) is 2.39. The molecule has 4 heterocycles. The Labute approximate surface area is 171 Å². The van der Waals surface area contributed by atoms with E-state index in [0.717, 1.165) is 5.69 Å². The van der Waals surface area contributed by atoms with Crippen molar-refractivity contribution in [2.45, 2.75) is 6.92 Å². The number of carboxylic acids is 1. The molecule has 4 rings (SSSR count). The van der Waals surface area contributed by atoms with Gasteiger partial charge in [-0.3, -0.25) is 9.97 Å². The van der Waals surface area contributed by atoms with E-state index in [1.165, 1.54) is 18.5 Å². The van der Waals surface area contributed by atoms with Gasteiger partial charge in [0.05, 0.1) is 41.5 Å². The summed E-state index contributed by atoms with van der Waals surface area (Å²) in [6.45, 7) is 2.12. The van der Waals surface area contributed by atoms with Gasteiger partial charge in [0, 0.05) is 37.2 Å². The lowest BCUT2D eigenvalue weighted by atomic mass is 10.2. The lowest BCUT2D eigenvalue weighted by Crippen LogP contribution is -2.06. The fourth-order valence-corrected chi connectivity index (χ4v) is 2.39. The molecule has 0 saturated heterocycles. The zero-order chi connectivity index (χ0) is 21.3. The molecule has 1 N–H and O–H groups in total. The molecule has 0 bridgehead atoms. The van der Waals surface area contributed by atoms with E-state index in [0.29, 0.717) is 17.9 Å². The van der Waals surface area contributed by atoms with Crippen LogP contribution >= 0.6 is 0 Å². The molecule has 0 spiro atoms. The van der Waals surface area contributed by atoms with Crippen LogP contribution in [0, 0.1) is 0 Å². The number of aromatic nitrogens is 6.